The number of hydrogen-bond acceptors (Lipinski definition) is 4. The number of rotatable bonds is 4. The van der Waals surface area contributed by atoms with Crippen molar-refractivity contribution in [3.63, 3.8) is 0 Å². The third kappa shape index (κ3) is 3.00. The number of nitrogens with zero attached hydrogens (tertiary/aromatic N) is 4. The van der Waals surface area contributed by atoms with Crippen LogP contribution in [-0.4, -0.2) is 19.6 Å². The first-order valence-electron chi connectivity index (χ1n) is 12.3. The van der Waals surface area contributed by atoms with E-state index in [0.29, 0.717) is 5.92 Å². The molecule has 0 radical (unpaired) electrons. The van der Waals surface area contributed by atoms with E-state index < -0.39 is 0 Å². The molecule has 0 spiro atoms. The van der Waals surface area contributed by atoms with Crippen LogP contribution in [0.4, 0.5) is 0 Å². The summed E-state index contributed by atoms with van der Waals surface area (Å²) in [6.07, 6.45) is 9.10. The fourth-order valence-corrected chi connectivity index (χ4v) is 5.42. The summed E-state index contributed by atoms with van der Waals surface area (Å²) in [6.45, 7) is 0. The van der Waals surface area contributed by atoms with Crippen molar-refractivity contribution in [2.24, 2.45) is 5.73 Å². The largest absolute Gasteiger partial charge is 0.321 e. The predicted octanol–water partition coefficient (Wildman–Crippen LogP) is 6.22. The van der Waals surface area contributed by atoms with Gasteiger partial charge < -0.3 is 5.73 Å². The average Bonchev–Trinajstić information content (AvgIpc) is 3.25. The van der Waals surface area contributed by atoms with Gasteiger partial charge in [-0.05, 0) is 55.4 Å². The lowest BCUT2D eigenvalue weighted by atomic mass is 9.72. The van der Waals surface area contributed by atoms with Gasteiger partial charge in [-0.15, -0.1) is 10.2 Å². The Morgan fingerprint density at radius 2 is 1.65 bits per heavy atom. The van der Waals surface area contributed by atoms with Crippen molar-refractivity contribution < 1.29 is 0 Å². The third-order valence-corrected chi connectivity index (χ3v) is 7.93. The first-order valence-corrected chi connectivity index (χ1v) is 12.3. The quantitative estimate of drug-likeness (QED) is 0.357. The third-order valence-electron chi connectivity index (χ3n) is 7.93. The number of fused-ring (bicyclic) bond motifs is 3. The van der Waals surface area contributed by atoms with Gasteiger partial charge >= 0.3 is 0 Å². The van der Waals surface area contributed by atoms with Crippen LogP contribution in [0, 0.1) is 0 Å². The van der Waals surface area contributed by atoms with E-state index in [4.69, 9.17) is 10.7 Å². The molecule has 34 heavy (non-hydrogen) atoms. The molecule has 3 aromatic heterocycles. The first kappa shape index (κ1) is 19.9. The average molecular weight is 446 g/mol. The first-order chi connectivity index (χ1) is 16.7. The fraction of sp³-hybridized carbons (Fsp3) is 0.276. The summed E-state index contributed by atoms with van der Waals surface area (Å²) >= 11 is 0. The molecule has 2 aliphatic carbocycles. The Labute approximate surface area is 198 Å². The second kappa shape index (κ2) is 7.47. The Bertz CT molecular complexity index is 1510. The highest BCUT2D eigenvalue weighted by atomic mass is 15.2. The molecule has 168 valence electrons. The van der Waals surface area contributed by atoms with Crippen molar-refractivity contribution in [1.82, 2.24) is 19.6 Å². The fourth-order valence-electron chi connectivity index (χ4n) is 5.42. The summed E-state index contributed by atoms with van der Waals surface area (Å²) in [5.74, 6) is 1.60. The number of benzene rings is 2. The van der Waals surface area contributed by atoms with Gasteiger partial charge in [-0.25, -0.2) is 4.98 Å². The molecule has 7 rings (SSSR count). The van der Waals surface area contributed by atoms with Crippen LogP contribution in [0.25, 0.3) is 38.9 Å². The zero-order valence-corrected chi connectivity index (χ0v) is 19.1. The van der Waals surface area contributed by atoms with Crippen LogP contribution in [0.2, 0.25) is 0 Å². The van der Waals surface area contributed by atoms with Crippen molar-refractivity contribution in [3.8, 4) is 22.4 Å². The SMILES string of the molecule is NC1(c2ccc(-c3nc4ccn5c(C6CCC6)nnc5c4cc3-c3ccccc3)cc2)CCC1. The molecule has 2 fully saturated rings. The van der Waals surface area contributed by atoms with Gasteiger partial charge in [0.2, 0.25) is 0 Å². The van der Waals surface area contributed by atoms with Crippen LogP contribution in [0.15, 0.2) is 72.9 Å². The van der Waals surface area contributed by atoms with Crippen LogP contribution in [0.5, 0.6) is 0 Å². The molecule has 5 heteroatoms. The number of nitrogens with two attached hydrogens (primary N) is 1. The van der Waals surface area contributed by atoms with Crippen molar-refractivity contribution >= 4 is 16.6 Å². The molecule has 3 heterocycles. The summed E-state index contributed by atoms with van der Waals surface area (Å²) in [6, 6.07) is 23.6. The highest BCUT2D eigenvalue weighted by Gasteiger charge is 2.34. The molecule has 0 bridgehead atoms. The molecule has 2 aromatic carbocycles. The number of aromatic nitrogens is 4. The van der Waals surface area contributed by atoms with Gasteiger partial charge in [-0.1, -0.05) is 61.0 Å². The molecule has 2 saturated carbocycles. The summed E-state index contributed by atoms with van der Waals surface area (Å²) in [7, 11) is 0. The molecule has 0 aliphatic heterocycles. The van der Waals surface area contributed by atoms with E-state index >= 15 is 0 Å². The van der Waals surface area contributed by atoms with Crippen molar-refractivity contribution in [2.75, 3.05) is 0 Å². The zero-order chi connectivity index (χ0) is 22.7. The van der Waals surface area contributed by atoms with E-state index in [1.54, 1.807) is 0 Å². The molecule has 2 aliphatic rings. The van der Waals surface area contributed by atoms with Crippen LogP contribution < -0.4 is 5.73 Å². The number of pyridine rings is 2. The minimum atomic E-state index is -0.158. The van der Waals surface area contributed by atoms with Gasteiger partial charge in [0.15, 0.2) is 5.65 Å². The Hall–Kier alpha value is -3.57. The van der Waals surface area contributed by atoms with Gasteiger partial charge in [-0.3, -0.25) is 4.40 Å². The maximum absolute atomic E-state index is 6.57. The van der Waals surface area contributed by atoms with E-state index in [-0.39, 0.29) is 5.54 Å². The maximum Gasteiger partial charge on any atom is 0.170 e. The second-order valence-corrected chi connectivity index (χ2v) is 9.97. The van der Waals surface area contributed by atoms with Gasteiger partial charge in [0.25, 0.3) is 0 Å². The van der Waals surface area contributed by atoms with Gasteiger partial charge in [0.1, 0.15) is 5.82 Å². The van der Waals surface area contributed by atoms with E-state index in [9.17, 15) is 0 Å². The molecule has 0 saturated heterocycles. The number of hydrogen-bond donors (Lipinski definition) is 1. The van der Waals surface area contributed by atoms with Crippen molar-refractivity contribution in [2.45, 2.75) is 50.0 Å². The summed E-state index contributed by atoms with van der Waals surface area (Å²) in [4.78, 5) is 5.17. The lowest BCUT2D eigenvalue weighted by Gasteiger charge is -2.38. The zero-order valence-electron chi connectivity index (χ0n) is 19.1. The highest BCUT2D eigenvalue weighted by molar-refractivity contribution is 5.98. The summed E-state index contributed by atoms with van der Waals surface area (Å²) < 4.78 is 2.16. The van der Waals surface area contributed by atoms with Crippen LogP contribution >= 0.6 is 0 Å². The summed E-state index contributed by atoms with van der Waals surface area (Å²) in [5, 5.41) is 10.2. The lowest BCUT2D eigenvalue weighted by molar-refractivity contribution is 0.253. The van der Waals surface area contributed by atoms with E-state index in [1.807, 2.05) is 6.07 Å². The van der Waals surface area contributed by atoms with E-state index in [0.717, 1.165) is 57.6 Å². The molecule has 0 amide bonds. The Balaban J connectivity index is 1.42. The Morgan fingerprint density at radius 3 is 2.32 bits per heavy atom. The minimum Gasteiger partial charge on any atom is -0.321 e. The standard InChI is InChI=1S/C29H27N5/c30-29(15-5-16-29)22-12-10-20(11-13-22)26-23(19-6-2-1-3-7-19)18-24-25(31-26)14-17-34-27(21-8-4-9-21)32-33-28(24)34/h1-3,6-7,10-14,17-18,21H,4-5,8-9,15-16,30H2. The van der Waals surface area contributed by atoms with E-state index in [2.05, 4.69) is 81.5 Å². The van der Waals surface area contributed by atoms with Gasteiger partial charge in [0, 0.05) is 34.2 Å². The summed E-state index contributed by atoms with van der Waals surface area (Å²) in [5.41, 5.74) is 13.8. The molecular formula is C29H27N5. The topological polar surface area (TPSA) is 69.1 Å². The van der Waals surface area contributed by atoms with Crippen LogP contribution in [0.1, 0.15) is 55.8 Å². The van der Waals surface area contributed by atoms with E-state index in [1.165, 1.54) is 31.2 Å². The molecule has 0 unspecified atom stereocenters. The van der Waals surface area contributed by atoms with Crippen LogP contribution in [-0.2, 0) is 5.54 Å². The molecule has 5 nitrogen and oxygen atoms in total. The normalized spacial score (nSPS) is 17.6. The van der Waals surface area contributed by atoms with Crippen molar-refractivity contribution in [1.29, 1.82) is 0 Å². The van der Waals surface area contributed by atoms with Crippen molar-refractivity contribution in [3.05, 3.63) is 84.3 Å². The smallest absolute Gasteiger partial charge is 0.170 e. The monoisotopic (exact) mass is 445 g/mol. The van der Waals surface area contributed by atoms with Gasteiger partial charge in [-0.2, -0.15) is 0 Å². The lowest BCUT2D eigenvalue weighted by Crippen LogP contribution is -2.43. The van der Waals surface area contributed by atoms with Crippen LogP contribution in [0.3, 0.4) is 0 Å². The minimum absolute atomic E-state index is 0.158. The predicted molar refractivity (Wildman–Crippen MR) is 135 cm³/mol. The molecule has 2 N–H and O–H groups in total. The maximum atomic E-state index is 6.57. The molecular weight excluding hydrogens is 418 g/mol. The second-order valence-electron chi connectivity index (χ2n) is 9.97. The van der Waals surface area contributed by atoms with Gasteiger partial charge in [0.05, 0.1) is 11.2 Å². The Kier molecular flexibility index (Phi) is 4.36. The Morgan fingerprint density at radius 1 is 0.853 bits per heavy atom. The highest BCUT2D eigenvalue weighted by Crippen LogP contribution is 2.41. The molecule has 0 atom stereocenters. The molecule has 5 aromatic rings.